The maximum atomic E-state index is 9.96. The van der Waals surface area contributed by atoms with Gasteiger partial charge in [0.1, 0.15) is 0 Å². The topological polar surface area (TPSA) is 19.9 Å². The highest BCUT2D eigenvalue weighted by atomic mass is 32.1. The molecule has 2 heteroatoms. The van der Waals surface area contributed by atoms with Crippen molar-refractivity contribution in [3.8, 4) is 0 Å². The maximum Gasteiger partial charge on any atom is 0.0822 e. The van der Waals surface area contributed by atoms with E-state index in [-0.39, 0.29) is 6.61 Å². The first-order chi connectivity index (χ1) is 5.41. The van der Waals surface area contributed by atoms with Crippen LogP contribution in [0.15, 0.2) is 0 Å². The number of rotatable bonds is 6. The van der Waals surface area contributed by atoms with Gasteiger partial charge in [0.25, 0.3) is 0 Å². The first kappa shape index (κ1) is 13.9. The van der Waals surface area contributed by atoms with Gasteiger partial charge in [-0.3, -0.25) is 0 Å². The average molecular weight is 177 g/mol. The first-order valence-corrected chi connectivity index (χ1v) is 5.34. The van der Waals surface area contributed by atoms with E-state index in [1.807, 2.05) is 0 Å². The molecule has 0 aromatic heterocycles. The van der Waals surface area contributed by atoms with Crippen LogP contribution in [0.2, 0.25) is 0 Å². The lowest BCUT2D eigenvalue weighted by Crippen LogP contribution is -1.81. The van der Waals surface area contributed by atoms with E-state index in [1.165, 1.54) is 25.7 Å². The van der Waals surface area contributed by atoms with E-state index in [2.05, 4.69) is 19.6 Å². The Hall–Kier alpha value is 0.310. The minimum absolute atomic E-state index is 0.117. The van der Waals surface area contributed by atoms with Crippen molar-refractivity contribution in [3.63, 3.8) is 0 Å². The fraction of sp³-hybridized carbons (Fsp3) is 1.00. The zero-order chi connectivity index (χ0) is 8.95. The second-order valence-electron chi connectivity index (χ2n) is 2.47. The van der Waals surface area contributed by atoms with Gasteiger partial charge in [0.15, 0.2) is 0 Å². The normalized spacial score (nSPS) is 8.73. The molecule has 1 radical (unpaired) electrons. The van der Waals surface area contributed by atoms with Crippen molar-refractivity contribution < 1.29 is 5.11 Å². The van der Waals surface area contributed by atoms with Gasteiger partial charge in [-0.1, -0.05) is 39.0 Å². The molecular weight excluding hydrogens is 156 g/mol. The van der Waals surface area contributed by atoms with Gasteiger partial charge >= 0.3 is 0 Å². The van der Waals surface area contributed by atoms with Crippen LogP contribution in [0, 0.1) is 0 Å². The smallest absolute Gasteiger partial charge is 0.0822 e. The minimum atomic E-state index is 0.117. The van der Waals surface area contributed by atoms with Crippen molar-refractivity contribution in [1.29, 1.82) is 0 Å². The molecule has 1 nitrogen and oxygen atoms in total. The highest BCUT2D eigenvalue weighted by molar-refractivity contribution is 7.79. The summed E-state index contributed by atoms with van der Waals surface area (Å²) in [5.41, 5.74) is 0. The van der Waals surface area contributed by atoms with Crippen LogP contribution in [0.4, 0.5) is 0 Å². The zero-order valence-corrected chi connectivity index (χ0v) is 8.70. The molecule has 0 amide bonds. The molecule has 0 bridgehead atoms. The molecule has 0 fully saturated rings. The van der Waals surface area contributed by atoms with Crippen molar-refractivity contribution >= 4 is 12.6 Å². The third-order valence-electron chi connectivity index (χ3n) is 1.50. The summed E-state index contributed by atoms with van der Waals surface area (Å²) in [6, 6.07) is 0. The Kier molecular flexibility index (Phi) is 21.1. The fourth-order valence-corrected chi connectivity index (χ4v) is 0.882. The lowest BCUT2D eigenvalue weighted by Gasteiger charge is -1.95. The quantitative estimate of drug-likeness (QED) is 0.474. The van der Waals surface area contributed by atoms with Crippen LogP contribution in [-0.2, 0) is 5.11 Å². The predicted octanol–water partition coefficient (Wildman–Crippen LogP) is 3.32. The Morgan fingerprint density at radius 3 is 1.82 bits per heavy atom. The monoisotopic (exact) mass is 177 g/mol. The van der Waals surface area contributed by atoms with Crippen LogP contribution < -0.4 is 0 Å². The van der Waals surface area contributed by atoms with E-state index < -0.39 is 0 Å². The third-order valence-corrected chi connectivity index (χ3v) is 1.50. The standard InChI is InChI=1S/C8H17O.CH4S/c1-2-3-4-5-6-7-8-9;1-2/h2-8H2,1H3;2H,1H3. The second-order valence-corrected chi connectivity index (χ2v) is 2.47. The molecule has 0 aliphatic carbocycles. The van der Waals surface area contributed by atoms with Gasteiger partial charge in [-0.2, -0.15) is 12.6 Å². The van der Waals surface area contributed by atoms with Gasteiger partial charge < -0.3 is 0 Å². The summed E-state index contributed by atoms with van der Waals surface area (Å²) >= 11 is 3.53. The van der Waals surface area contributed by atoms with Gasteiger partial charge in [0.2, 0.25) is 0 Å². The summed E-state index contributed by atoms with van der Waals surface area (Å²) < 4.78 is 0. The average Bonchev–Trinajstić information content (AvgIpc) is 2.08. The van der Waals surface area contributed by atoms with Crippen LogP contribution >= 0.6 is 12.6 Å². The Morgan fingerprint density at radius 1 is 0.909 bits per heavy atom. The highest BCUT2D eigenvalue weighted by Gasteiger charge is 1.86. The summed E-state index contributed by atoms with van der Waals surface area (Å²) in [6.45, 7) is 2.32. The van der Waals surface area contributed by atoms with Crippen LogP contribution in [0.1, 0.15) is 45.4 Å². The Bertz CT molecular complexity index is 42.8. The second kappa shape index (κ2) is 16.7. The van der Waals surface area contributed by atoms with Gasteiger partial charge in [-0.05, 0) is 12.7 Å². The fourth-order valence-electron chi connectivity index (χ4n) is 0.882. The zero-order valence-electron chi connectivity index (χ0n) is 7.81. The van der Waals surface area contributed by atoms with Crippen molar-refractivity contribution in [2.45, 2.75) is 45.4 Å². The number of hydrogen-bond donors (Lipinski definition) is 1. The van der Waals surface area contributed by atoms with Crippen molar-refractivity contribution in [1.82, 2.24) is 0 Å². The molecule has 0 aromatic carbocycles. The van der Waals surface area contributed by atoms with E-state index in [9.17, 15) is 5.11 Å². The van der Waals surface area contributed by atoms with Gasteiger partial charge in [-0.15, -0.1) is 0 Å². The summed E-state index contributed by atoms with van der Waals surface area (Å²) in [7, 11) is 0. The highest BCUT2D eigenvalue weighted by Crippen LogP contribution is 2.03. The predicted molar refractivity (Wildman–Crippen MR) is 53.8 cm³/mol. The van der Waals surface area contributed by atoms with Crippen LogP contribution in [0.25, 0.3) is 0 Å². The third kappa shape index (κ3) is 17.9. The maximum absolute atomic E-state index is 9.96. The van der Waals surface area contributed by atoms with Crippen LogP contribution in [0.5, 0.6) is 0 Å². The summed E-state index contributed by atoms with van der Waals surface area (Å²) in [6.07, 6.45) is 8.91. The Morgan fingerprint density at radius 2 is 1.36 bits per heavy atom. The van der Waals surface area contributed by atoms with Crippen LogP contribution in [0.3, 0.4) is 0 Å². The molecule has 0 N–H and O–H groups in total. The number of hydrogen-bond acceptors (Lipinski definition) is 1. The number of thiol groups is 1. The van der Waals surface area contributed by atoms with E-state index in [0.717, 1.165) is 12.8 Å². The van der Waals surface area contributed by atoms with E-state index >= 15 is 0 Å². The molecule has 0 heterocycles. The van der Waals surface area contributed by atoms with E-state index in [0.29, 0.717) is 0 Å². The molecule has 69 valence electrons. The largest absolute Gasteiger partial charge is 0.237 e. The molecule has 0 aliphatic heterocycles. The molecule has 0 atom stereocenters. The lowest BCUT2D eigenvalue weighted by atomic mass is 10.1. The number of unbranched alkanes of at least 4 members (excludes halogenated alkanes) is 5. The molecule has 0 spiro atoms. The van der Waals surface area contributed by atoms with Gasteiger partial charge in [0, 0.05) is 0 Å². The minimum Gasteiger partial charge on any atom is -0.237 e. The van der Waals surface area contributed by atoms with Gasteiger partial charge in [-0.25, -0.2) is 5.11 Å². The Labute approximate surface area is 76.6 Å². The lowest BCUT2D eigenvalue weighted by molar-refractivity contribution is 0.186. The molecule has 0 aliphatic rings. The molecule has 0 aromatic rings. The molecule has 0 saturated carbocycles. The van der Waals surface area contributed by atoms with E-state index in [4.69, 9.17) is 0 Å². The summed E-state index contributed by atoms with van der Waals surface area (Å²) in [4.78, 5) is 0. The summed E-state index contributed by atoms with van der Waals surface area (Å²) in [5, 5.41) is 9.96. The summed E-state index contributed by atoms with van der Waals surface area (Å²) in [5.74, 6) is 0. The van der Waals surface area contributed by atoms with Crippen LogP contribution in [-0.4, -0.2) is 12.9 Å². The molecular formula is C9H21OS. The Balaban J connectivity index is 0. The van der Waals surface area contributed by atoms with Gasteiger partial charge in [0.05, 0.1) is 6.61 Å². The molecule has 0 saturated heterocycles. The SMILES string of the molecule is CCCCCCCC[O].CS. The van der Waals surface area contributed by atoms with E-state index in [1.54, 1.807) is 6.26 Å². The molecule has 0 rings (SSSR count). The first-order valence-electron chi connectivity index (χ1n) is 4.44. The van der Waals surface area contributed by atoms with Crippen molar-refractivity contribution in [2.24, 2.45) is 0 Å². The van der Waals surface area contributed by atoms with Crippen molar-refractivity contribution in [3.05, 3.63) is 0 Å². The molecule has 11 heavy (non-hydrogen) atoms. The van der Waals surface area contributed by atoms with Crippen molar-refractivity contribution in [2.75, 3.05) is 12.9 Å². The molecule has 0 unspecified atom stereocenters.